The van der Waals surface area contributed by atoms with E-state index in [4.69, 9.17) is 16.3 Å². The molecule has 2 aromatic rings. The summed E-state index contributed by atoms with van der Waals surface area (Å²) in [5, 5.41) is 5.64. The van der Waals surface area contributed by atoms with E-state index in [-0.39, 0.29) is 23.1 Å². The number of carbonyl (C=O) groups excluding carboxylic acids is 3. The number of anilines is 1. The molecule has 1 atom stereocenters. The van der Waals surface area contributed by atoms with Crippen LogP contribution in [-0.4, -0.2) is 35.4 Å². The molecule has 0 saturated carbocycles. The molecule has 0 spiro atoms. The van der Waals surface area contributed by atoms with Gasteiger partial charge >= 0.3 is 5.97 Å². The first kappa shape index (κ1) is 24.3. The summed E-state index contributed by atoms with van der Waals surface area (Å²) in [4.78, 5) is 41.0. The summed E-state index contributed by atoms with van der Waals surface area (Å²) in [6.07, 6.45) is 1.39. The Bertz CT molecular complexity index is 919. The molecule has 0 fully saturated rings. The molecule has 0 aliphatic rings. The molecule has 8 heteroatoms. The maximum absolute atomic E-state index is 12.6. The Kier molecular flexibility index (Phi) is 8.16. The van der Waals surface area contributed by atoms with Gasteiger partial charge in [-0.25, -0.2) is 9.78 Å². The number of pyridine rings is 1. The second kappa shape index (κ2) is 10.4. The van der Waals surface area contributed by atoms with Crippen LogP contribution in [0, 0.1) is 5.92 Å². The summed E-state index contributed by atoms with van der Waals surface area (Å²) >= 11 is 5.75. The average molecular weight is 446 g/mol. The molecule has 0 radical (unpaired) electrons. The zero-order valence-electron chi connectivity index (χ0n) is 18.4. The normalized spacial score (nSPS) is 12.2. The molecule has 7 nitrogen and oxygen atoms in total. The van der Waals surface area contributed by atoms with Crippen LogP contribution in [-0.2, 0) is 19.7 Å². The predicted molar refractivity (Wildman–Crippen MR) is 120 cm³/mol. The van der Waals surface area contributed by atoms with Crippen LogP contribution in [0.2, 0.25) is 5.02 Å². The van der Waals surface area contributed by atoms with Gasteiger partial charge in [0, 0.05) is 11.8 Å². The van der Waals surface area contributed by atoms with Crippen molar-refractivity contribution in [3.63, 3.8) is 0 Å². The monoisotopic (exact) mass is 445 g/mol. The second-order valence-corrected chi connectivity index (χ2v) is 8.98. The summed E-state index contributed by atoms with van der Waals surface area (Å²) in [5.41, 5.74) is 1.52. The Labute approximate surface area is 187 Å². The van der Waals surface area contributed by atoms with Crippen LogP contribution in [0.1, 0.15) is 50.5 Å². The molecular formula is C23H28ClN3O4. The average Bonchev–Trinajstić information content (AvgIpc) is 2.71. The van der Waals surface area contributed by atoms with Gasteiger partial charge in [-0.15, -0.1) is 0 Å². The molecule has 1 aromatic heterocycles. The van der Waals surface area contributed by atoms with Crippen molar-refractivity contribution in [2.45, 2.75) is 46.1 Å². The first-order chi connectivity index (χ1) is 14.5. The van der Waals surface area contributed by atoms with Gasteiger partial charge in [-0.05, 0) is 41.2 Å². The summed E-state index contributed by atoms with van der Waals surface area (Å²) in [6.45, 7) is 9.34. The van der Waals surface area contributed by atoms with E-state index >= 15 is 0 Å². The first-order valence-corrected chi connectivity index (χ1v) is 10.3. The highest BCUT2D eigenvalue weighted by Crippen LogP contribution is 2.22. The number of nitrogens with one attached hydrogen (secondary N) is 2. The van der Waals surface area contributed by atoms with Crippen LogP contribution in [0.15, 0.2) is 42.6 Å². The van der Waals surface area contributed by atoms with Crippen LogP contribution < -0.4 is 10.6 Å². The van der Waals surface area contributed by atoms with Crippen molar-refractivity contribution in [3.05, 3.63) is 58.7 Å². The van der Waals surface area contributed by atoms with Crippen LogP contribution >= 0.6 is 11.6 Å². The molecule has 2 amide bonds. The number of rotatable bonds is 7. The number of ether oxygens (including phenoxy) is 1. The van der Waals surface area contributed by atoms with Gasteiger partial charge < -0.3 is 15.4 Å². The number of hydrogen-bond acceptors (Lipinski definition) is 5. The van der Waals surface area contributed by atoms with Crippen molar-refractivity contribution in [1.29, 1.82) is 0 Å². The summed E-state index contributed by atoms with van der Waals surface area (Å²) in [7, 11) is 0. The minimum absolute atomic E-state index is 0.0264. The van der Waals surface area contributed by atoms with Gasteiger partial charge in [0.25, 0.3) is 11.8 Å². The highest BCUT2D eigenvalue weighted by Gasteiger charge is 2.27. The van der Waals surface area contributed by atoms with Crippen LogP contribution in [0.25, 0.3) is 0 Å². The lowest BCUT2D eigenvalue weighted by atomic mass is 9.86. The van der Waals surface area contributed by atoms with E-state index in [1.165, 1.54) is 12.3 Å². The minimum Gasteiger partial charge on any atom is -0.454 e. The molecule has 0 bridgehead atoms. The third kappa shape index (κ3) is 7.36. The lowest BCUT2D eigenvalue weighted by Crippen LogP contribution is -2.46. The highest BCUT2D eigenvalue weighted by atomic mass is 35.5. The summed E-state index contributed by atoms with van der Waals surface area (Å²) < 4.78 is 5.10. The zero-order valence-corrected chi connectivity index (χ0v) is 19.1. The number of carbonyl (C=O) groups is 3. The molecule has 1 aromatic carbocycles. The number of hydrogen-bond donors (Lipinski definition) is 2. The fourth-order valence-electron chi connectivity index (χ4n) is 2.70. The van der Waals surface area contributed by atoms with E-state index in [0.717, 1.165) is 5.56 Å². The first-order valence-electron chi connectivity index (χ1n) is 9.97. The molecule has 1 unspecified atom stereocenters. The quantitative estimate of drug-likeness (QED) is 0.628. The number of esters is 1. The van der Waals surface area contributed by atoms with E-state index in [0.29, 0.717) is 10.6 Å². The van der Waals surface area contributed by atoms with Crippen LogP contribution in [0.5, 0.6) is 0 Å². The molecule has 0 aliphatic carbocycles. The maximum Gasteiger partial charge on any atom is 0.329 e. The van der Waals surface area contributed by atoms with Crippen molar-refractivity contribution in [1.82, 2.24) is 10.3 Å². The standard InChI is InChI=1S/C23H28ClN3O4/c1-14(2)20(27-21(29)15-6-8-16(9-7-15)23(3,4)5)22(30)31-13-19(28)26-18-11-10-17(24)12-25-18/h6-12,14,20H,13H2,1-5H3,(H,27,29)(H,25,26,28). The number of halogens is 1. The van der Waals surface area contributed by atoms with E-state index in [1.54, 1.807) is 32.0 Å². The van der Waals surface area contributed by atoms with Crippen LogP contribution in [0.4, 0.5) is 5.82 Å². The molecule has 0 aliphatic heterocycles. The zero-order chi connectivity index (χ0) is 23.2. The van der Waals surface area contributed by atoms with Crippen LogP contribution in [0.3, 0.4) is 0 Å². The second-order valence-electron chi connectivity index (χ2n) is 8.54. The Morgan fingerprint density at radius 1 is 1.06 bits per heavy atom. The summed E-state index contributed by atoms with van der Waals surface area (Å²) in [6, 6.07) is 9.46. The SMILES string of the molecule is CC(C)C(NC(=O)c1ccc(C(C)(C)C)cc1)C(=O)OCC(=O)Nc1ccc(Cl)cn1. The maximum atomic E-state index is 12.6. The van der Waals surface area contributed by atoms with Crippen molar-refractivity contribution in [3.8, 4) is 0 Å². The van der Waals surface area contributed by atoms with Gasteiger partial charge in [0.15, 0.2) is 6.61 Å². The fraction of sp³-hybridized carbons (Fsp3) is 0.391. The van der Waals surface area contributed by atoms with E-state index in [1.807, 2.05) is 12.1 Å². The third-order valence-electron chi connectivity index (χ3n) is 4.56. The van der Waals surface area contributed by atoms with Gasteiger partial charge in [-0.3, -0.25) is 9.59 Å². The Balaban J connectivity index is 1.94. The van der Waals surface area contributed by atoms with Crippen molar-refractivity contribution in [2.75, 3.05) is 11.9 Å². The minimum atomic E-state index is -0.892. The highest BCUT2D eigenvalue weighted by molar-refractivity contribution is 6.30. The fourth-order valence-corrected chi connectivity index (χ4v) is 2.81. The number of benzene rings is 1. The van der Waals surface area contributed by atoms with E-state index in [9.17, 15) is 14.4 Å². The third-order valence-corrected chi connectivity index (χ3v) is 4.78. The Morgan fingerprint density at radius 2 is 1.71 bits per heavy atom. The van der Waals surface area contributed by atoms with Gasteiger partial charge in [0.05, 0.1) is 5.02 Å². The predicted octanol–water partition coefficient (Wildman–Crippen LogP) is 3.97. The molecule has 2 rings (SSSR count). The molecular weight excluding hydrogens is 418 g/mol. The number of amides is 2. The van der Waals surface area contributed by atoms with Gasteiger partial charge in [-0.1, -0.05) is 58.4 Å². The molecule has 166 valence electrons. The van der Waals surface area contributed by atoms with Crippen molar-refractivity contribution in [2.24, 2.45) is 5.92 Å². The summed E-state index contributed by atoms with van der Waals surface area (Å²) in [5.74, 6) is -1.56. The van der Waals surface area contributed by atoms with Gasteiger partial charge in [0.1, 0.15) is 11.9 Å². The molecule has 2 N–H and O–H groups in total. The van der Waals surface area contributed by atoms with Crippen molar-refractivity contribution >= 4 is 35.2 Å². The lowest BCUT2D eigenvalue weighted by Gasteiger charge is -2.22. The lowest BCUT2D eigenvalue weighted by molar-refractivity contribution is -0.150. The largest absolute Gasteiger partial charge is 0.454 e. The van der Waals surface area contributed by atoms with E-state index < -0.39 is 24.5 Å². The van der Waals surface area contributed by atoms with E-state index in [2.05, 4.69) is 36.4 Å². The van der Waals surface area contributed by atoms with Gasteiger partial charge in [0.2, 0.25) is 0 Å². The Hall–Kier alpha value is -2.93. The molecule has 1 heterocycles. The molecule has 0 saturated heterocycles. The number of aromatic nitrogens is 1. The topological polar surface area (TPSA) is 97.4 Å². The van der Waals surface area contributed by atoms with Crippen molar-refractivity contribution < 1.29 is 19.1 Å². The van der Waals surface area contributed by atoms with Gasteiger partial charge in [-0.2, -0.15) is 0 Å². The smallest absolute Gasteiger partial charge is 0.329 e. The number of nitrogens with zero attached hydrogens (tertiary/aromatic N) is 1. The molecule has 31 heavy (non-hydrogen) atoms. The Morgan fingerprint density at radius 3 is 2.23 bits per heavy atom.